The lowest BCUT2D eigenvalue weighted by atomic mass is 10.1. The highest BCUT2D eigenvalue weighted by atomic mass is 16.3. The highest BCUT2D eigenvalue weighted by molar-refractivity contribution is 5.91. The lowest BCUT2D eigenvalue weighted by Crippen LogP contribution is -2.07. The molecule has 0 saturated heterocycles. The van der Waals surface area contributed by atoms with Gasteiger partial charge in [-0.05, 0) is 44.2 Å². The Labute approximate surface area is 129 Å². The Balaban J connectivity index is 1.88. The maximum Gasteiger partial charge on any atom is 0.137 e. The van der Waals surface area contributed by atoms with Crippen molar-refractivity contribution in [2.75, 3.05) is 18.4 Å². The minimum Gasteiger partial charge on any atom is -0.508 e. The van der Waals surface area contributed by atoms with Crippen LogP contribution in [0.2, 0.25) is 0 Å². The number of nitroso groups, excluding NO2 is 1. The van der Waals surface area contributed by atoms with Gasteiger partial charge in [-0.1, -0.05) is 5.18 Å². The van der Waals surface area contributed by atoms with Crippen molar-refractivity contribution in [3.05, 3.63) is 28.4 Å². The summed E-state index contributed by atoms with van der Waals surface area (Å²) in [6.45, 7) is 2.96. The summed E-state index contributed by atoms with van der Waals surface area (Å²) in [6.07, 6.45) is 3.91. The molecule has 1 aliphatic carbocycles. The topological polar surface area (TPSA) is 87.5 Å². The number of rotatable bonds is 7. The summed E-state index contributed by atoms with van der Waals surface area (Å²) in [7, 11) is 0. The molecule has 1 aromatic carbocycles. The van der Waals surface area contributed by atoms with Gasteiger partial charge in [-0.2, -0.15) is 4.91 Å². The zero-order valence-corrected chi connectivity index (χ0v) is 12.7. The second kappa shape index (κ2) is 6.25. The normalized spacial score (nSPS) is 14.2. The molecule has 0 unspecified atom stereocenters. The number of hydrogen-bond acceptors (Lipinski definition) is 6. The van der Waals surface area contributed by atoms with E-state index in [0.29, 0.717) is 12.5 Å². The van der Waals surface area contributed by atoms with Crippen molar-refractivity contribution in [1.29, 1.82) is 0 Å². The Morgan fingerprint density at radius 2 is 2.14 bits per heavy atom. The number of phenols is 1. The van der Waals surface area contributed by atoms with E-state index in [1.54, 1.807) is 6.07 Å². The third kappa shape index (κ3) is 3.16. The second-order valence-corrected chi connectivity index (χ2v) is 5.85. The van der Waals surface area contributed by atoms with Crippen LogP contribution in [0.25, 0.3) is 10.9 Å². The molecule has 1 heterocycles. The molecule has 0 bridgehead atoms. The number of unbranched alkanes of at least 4 members (excludes halogenated alkanes) is 1. The Kier molecular flexibility index (Phi) is 4.18. The molecule has 6 nitrogen and oxygen atoms in total. The number of nitrogens with zero attached hydrogens (tertiary/aromatic N) is 3. The highest BCUT2D eigenvalue weighted by Crippen LogP contribution is 2.40. The maximum absolute atomic E-state index is 10.1. The minimum absolute atomic E-state index is 0.260. The van der Waals surface area contributed by atoms with Crippen LogP contribution in [0.5, 0.6) is 5.75 Å². The Morgan fingerprint density at radius 3 is 2.86 bits per heavy atom. The molecule has 1 fully saturated rings. The van der Waals surface area contributed by atoms with E-state index in [9.17, 15) is 10.0 Å². The van der Waals surface area contributed by atoms with Crippen LogP contribution in [-0.4, -0.2) is 28.2 Å². The molecule has 116 valence electrons. The fourth-order valence-electron chi connectivity index (χ4n) is 2.46. The molecular formula is C16H20N4O2. The molecule has 0 aliphatic heterocycles. The van der Waals surface area contributed by atoms with E-state index in [-0.39, 0.29) is 5.75 Å². The van der Waals surface area contributed by atoms with Crippen LogP contribution >= 0.6 is 0 Å². The van der Waals surface area contributed by atoms with Crippen molar-refractivity contribution in [2.45, 2.75) is 38.5 Å². The molecule has 2 aromatic rings. The fraction of sp³-hybridized carbons (Fsp3) is 0.500. The van der Waals surface area contributed by atoms with E-state index in [0.717, 1.165) is 60.3 Å². The number of aromatic hydroxyl groups is 1. The van der Waals surface area contributed by atoms with E-state index in [1.807, 2.05) is 13.0 Å². The Bertz CT molecular complexity index is 698. The summed E-state index contributed by atoms with van der Waals surface area (Å²) >= 11 is 0. The summed E-state index contributed by atoms with van der Waals surface area (Å²) in [4.78, 5) is 19.3. The summed E-state index contributed by atoms with van der Waals surface area (Å²) < 4.78 is 0. The largest absolute Gasteiger partial charge is 0.508 e. The number of phenolic OH excluding ortho intramolecular Hbond substituents is 1. The molecule has 6 heteroatoms. The molecule has 1 saturated carbocycles. The van der Waals surface area contributed by atoms with Gasteiger partial charge in [-0.15, -0.1) is 0 Å². The minimum atomic E-state index is 0.260. The summed E-state index contributed by atoms with van der Waals surface area (Å²) in [6, 6.07) is 3.62. The molecule has 0 radical (unpaired) electrons. The van der Waals surface area contributed by atoms with Crippen LogP contribution in [0.1, 0.15) is 43.0 Å². The first-order chi connectivity index (χ1) is 10.7. The molecule has 2 N–H and O–H groups in total. The molecule has 3 rings (SSSR count). The van der Waals surface area contributed by atoms with E-state index in [2.05, 4.69) is 20.5 Å². The number of benzene rings is 1. The van der Waals surface area contributed by atoms with Crippen LogP contribution in [0.15, 0.2) is 17.3 Å². The molecular weight excluding hydrogens is 280 g/mol. The van der Waals surface area contributed by atoms with Crippen molar-refractivity contribution >= 4 is 16.7 Å². The van der Waals surface area contributed by atoms with E-state index < -0.39 is 0 Å². The number of fused-ring (bicyclic) bond motifs is 1. The van der Waals surface area contributed by atoms with Gasteiger partial charge in [-0.25, -0.2) is 9.97 Å². The smallest absolute Gasteiger partial charge is 0.137 e. The molecule has 0 atom stereocenters. The van der Waals surface area contributed by atoms with Crippen molar-refractivity contribution in [2.24, 2.45) is 5.18 Å². The van der Waals surface area contributed by atoms with Crippen molar-refractivity contribution in [1.82, 2.24) is 9.97 Å². The van der Waals surface area contributed by atoms with E-state index in [1.165, 1.54) is 0 Å². The Morgan fingerprint density at radius 1 is 1.32 bits per heavy atom. The van der Waals surface area contributed by atoms with Crippen LogP contribution in [0.3, 0.4) is 0 Å². The summed E-state index contributed by atoms with van der Waals surface area (Å²) in [5, 5.41) is 17.0. The van der Waals surface area contributed by atoms with Gasteiger partial charge in [0.1, 0.15) is 17.4 Å². The van der Waals surface area contributed by atoms with Gasteiger partial charge in [0, 0.05) is 23.9 Å². The predicted octanol–water partition coefficient (Wildman–Crippen LogP) is 3.48. The third-order valence-corrected chi connectivity index (χ3v) is 3.94. The van der Waals surface area contributed by atoms with Crippen molar-refractivity contribution < 1.29 is 5.11 Å². The van der Waals surface area contributed by atoms with Gasteiger partial charge in [0.05, 0.1) is 12.1 Å². The number of nitrogens with one attached hydrogen (secondary N) is 1. The second-order valence-electron chi connectivity index (χ2n) is 5.85. The zero-order chi connectivity index (χ0) is 15.5. The van der Waals surface area contributed by atoms with Gasteiger partial charge in [0.2, 0.25) is 0 Å². The molecule has 0 spiro atoms. The molecule has 0 amide bonds. The maximum atomic E-state index is 10.1. The zero-order valence-electron chi connectivity index (χ0n) is 12.7. The first kappa shape index (κ1) is 14.7. The average Bonchev–Trinajstić information content (AvgIpc) is 3.33. The number of aryl methyl sites for hydroxylation is 1. The van der Waals surface area contributed by atoms with Crippen LogP contribution in [0, 0.1) is 11.8 Å². The van der Waals surface area contributed by atoms with Crippen LogP contribution < -0.4 is 5.32 Å². The molecule has 1 aromatic heterocycles. The van der Waals surface area contributed by atoms with Gasteiger partial charge in [0.15, 0.2) is 0 Å². The molecule has 22 heavy (non-hydrogen) atoms. The number of aromatic nitrogens is 2. The van der Waals surface area contributed by atoms with Crippen LogP contribution in [-0.2, 0) is 0 Å². The van der Waals surface area contributed by atoms with Crippen molar-refractivity contribution in [3.8, 4) is 5.75 Å². The first-order valence-electron chi connectivity index (χ1n) is 7.73. The SMILES string of the molecule is Cc1cc2c(NCCCCN=O)nc(C3CC3)nc2cc1O. The highest BCUT2D eigenvalue weighted by Gasteiger charge is 2.27. The summed E-state index contributed by atoms with van der Waals surface area (Å²) in [5.41, 5.74) is 1.58. The van der Waals surface area contributed by atoms with Gasteiger partial charge < -0.3 is 10.4 Å². The van der Waals surface area contributed by atoms with Crippen LogP contribution in [0.4, 0.5) is 5.82 Å². The molecule has 1 aliphatic rings. The number of hydrogen-bond donors (Lipinski definition) is 2. The summed E-state index contributed by atoms with van der Waals surface area (Å²) in [5.74, 6) is 2.38. The lowest BCUT2D eigenvalue weighted by Gasteiger charge is -2.11. The van der Waals surface area contributed by atoms with Gasteiger partial charge in [-0.3, -0.25) is 0 Å². The lowest BCUT2D eigenvalue weighted by molar-refractivity contribution is 0.472. The monoisotopic (exact) mass is 300 g/mol. The Hall–Kier alpha value is -2.24. The first-order valence-corrected chi connectivity index (χ1v) is 7.73. The average molecular weight is 300 g/mol. The predicted molar refractivity (Wildman–Crippen MR) is 86.3 cm³/mol. The standard InChI is InChI=1S/C16H20N4O2/c1-10-8-12-13(9-14(10)21)19-15(11-4-5-11)20-16(12)17-6-2-3-7-18-22/h8-9,11,21H,2-7H2,1H3,(H,17,19,20). The van der Waals surface area contributed by atoms with Gasteiger partial charge in [0.25, 0.3) is 0 Å². The quantitative estimate of drug-likeness (QED) is 0.603. The van der Waals surface area contributed by atoms with Gasteiger partial charge >= 0.3 is 0 Å². The van der Waals surface area contributed by atoms with E-state index >= 15 is 0 Å². The fourth-order valence-corrected chi connectivity index (χ4v) is 2.46. The van der Waals surface area contributed by atoms with Crippen molar-refractivity contribution in [3.63, 3.8) is 0 Å². The third-order valence-electron chi connectivity index (χ3n) is 3.94. The number of anilines is 1. The van der Waals surface area contributed by atoms with E-state index in [4.69, 9.17) is 0 Å².